The van der Waals surface area contributed by atoms with Gasteiger partial charge in [0.2, 0.25) is 0 Å². The third kappa shape index (κ3) is 8.18. The first-order valence-corrected chi connectivity index (χ1v) is 5.00. The van der Waals surface area contributed by atoms with Gasteiger partial charge in [-0.2, -0.15) is 0 Å². The van der Waals surface area contributed by atoms with Crippen LogP contribution in [0.3, 0.4) is 0 Å². The van der Waals surface area contributed by atoms with E-state index in [-0.39, 0.29) is 0 Å². The van der Waals surface area contributed by atoms with Gasteiger partial charge in [-0.25, -0.2) is 0 Å². The second kappa shape index (κ2) is 9.18. The van der Waals surface area contributed by atoms with Crippen LogP contribution in [0, 0.1) is 5.75 Å². The normalized spacial score (nSPS) is 9.80. The molecule has 0 atom stereocenters. The molecule has 10 heavy (non-hydrogen) atoms. The van der Waals surface area contributed by atoms with E-state index in [1.807, 2.05) is 0 Å². The van der Waals surface area contributed by atoms with E-state index in [1.54, 1.807) is 11.8 Å². The molecule has 1 N–H and O–H groups in total. The molecule has 0 amide bonds. The average Bonchev–Trinajstić information content (AvgIpc) is 1.97. The van der Waals surface area contributed by atoms with Gasteiger partial charge in [-0.15, -0.1) is 0 Å². The lowest BCUT2D eigenvalue weighted by Crippen LogP contribution is -1.84. The minimum absolute atomic E-state index is 0.301. The van der Waals surface area contributed by atoms with Crippen molar-refractivity contribution < 1.29 is 5.11 Å². The Morgan fingerprint density at radius 1 is 1.40 bits per heavy atom. The number of unbranched alkanes of at least 4 members (excludes halogenated alkanes) is 3. The fourth-order valence-electron chi connectivity index (χ4n) is 0.697. The smallest absolute Gasteiger partial charge is 0.142 e. The van der Waals surface area contributed by atoms with Crippen LogP contribution in [-0.4, -0.2) is 17.5 Å². The van der Waals surface area contributed by atoms with Gasteiger partial charge in [0, 0.05) is 0 Å². The van der Waals surface area contributed by atoms with E-state index in [0.29, 0.717) is 6.61 Å². The monoisotopic (exact) mass is 161 g/mol. The molecule has 0 heterocycles. The Morgan fingerprint density at radius 3 is 2.80 bits per heavy atom. The number of aliphatic hydroxyl groups is 1. The van der Waals surface area contributed by atoms with Crippen molar-refractivity contribution in [2.24, 2.45) is 0 Å². The number of hydrogen-bond acceptors (Lipinski definition) is 2. The van der Waals surface area contributed by atoms with Gasteiger partial charge in [0.15, 0.2) is 0 Å². The number of thioether (sulfide) groups is 1. The Morgan fingerprint density at radius 2 is 2.20 bits per heavy atom. The van der Waals surface area contributed by atoms with Crippen molar-refractivity contribution in [2.75, 3.05) is 12.4 Å². The summed E-state index contributed by atoms with van der Waals surface area (Å²) in [5.74, 6) is 3.05. The minimum Gasteiger partial charge on any atom is -0.395 e. The zero-order valence-electron chi connectivity index (χ0n) is 6.68. The molecule has 0 fully saturated rings. The molecule has 0 aliphatic rings. The summed E-state index contributed by atoms with van der Waals surface area (Å²) in [6, 6.07) is 0. The van der Waals surface area contributed by atoms with Gasteiger partial charge < -0.3 is 5.11 Å². The summed E-state index contributed by atoms with van der Waals surface area (Å²) >= 11 is 1.73. The lowest BCUT2D eigenvalue weighted by Gasteiger charge is -1.88. The predicted molar refractivity (Wildman–Crippen MR) is 48.0 cm³/mol. The highest BCUT2D eigenvalue weighted by Crippen LogP contribution is 2.11. The molecule has 60 valence electrons. The van der Waals surface area contributed by atoms with Gasteiger partial charge >= 0.3 is 0 Å². The van der Waals surface area contributed by atoms with Crippen molar-refractivity contribution in [3.63, 3.8) is 0 Å². The zero-order valence-corrected chi connectivity index (χ0v) is 7.49. The summed E-state index contributed by atoms with van der Waals surface area (Å²) in [7, 11) is 0. The molecule has 0 saturated heterocycles. The number of aliphatic hydroxyl groups excluding tert-OH is 1. The molecule has 0 aromatic heterocycles. The summed E-state index contributed by atoms with van der Waals surface area (Å²) < 4.78 is 0. The largest absolute Gasteiger partial charge is 0.395 e. The summed E-state index contributed by atoms with van der Waals surface area (Å²) in [4.78, 5) is 0. The molecular formula is C8H17OS+. The number of hydrogen-bond donors (Lipinski definition) is 1. The third-order valence-electron chi connectivity index (χ3n) is 1.25. The predicted octanol–water partition coefficient (Wildman–Crippen LogP) is 2.45. The average molecular weight is 161 g/mol. The van der Waals surface area contributed by atoms with Crippen LogP contribution in [0.5, 0.6) is 0 Å². The van der Waals surface area contributed by atoms with Crippen molar-refractivity contribution in [3.05, 3.63) is 5.75 Å². The van der Waals surface area contributed by atoms with Crippen molar-refractivity contribution >= 4 is 11.8 Å². The highest BCUT2D eigenvalue weighted by Gasteiger charge is 1.98. The van der Waals surface area contributed by atoms with Crippen LogP contribution >= 0.6 is 11.8 Å². The molecule has 0 aliphatic carbocycles. The summed E-state index contributed by atoms with van der Waals surface area (Å²) in [6.45, 7) is 2.51. The SMILES string of the molecule is CCCCC[CH+]SCCO. The standard InChI is InChI=1S/C8H17OS/c1-2-3-4-5-7-10-8-6-9/h7,9H,2-6,8H2,1H3/q+1. The van der Waals surface area contributed by atoms with Crippen LogP contribution in [-0.2, 0) is 0 Å². The quantitative estimate of drug-likeness (QED) is 0.457. The zero-order chi connectivity index (χ0) is 7.66. The second-order valence-corrected chi connectivity index (χ2v) is 3.33. The van der Waals surface area contributed by atoms with Crippen LogP contribution < -0.4 is 0 Å². The third-order valence-corrected chi connectivity index (χ3v) is 2.14. The molecule has 0 aromatic carbocycles. The van der Waals surface area contributed by atoms with E-state index in [1.165, 1.54) is 25.7 Å². The Bertz CT molecular complexity index is 49.2. The van der Waals surface area contributed by atoms with Crippen LogP contribution in [0.25, 0.3) is 0 Å². The molecular weight excluding hydrogens is 144 g/mol. The van der Waals surface area contributed by atoms with Gasteiger partial charge in [0.25, 0.3) is 0 Å². The lowest BCUT2D eigenvalue weighted by molar-refractivity contribution is 0.322. The van der Waals surface area contributed by atoms with Gasteiger partial charge in [-0.05, 0) is 12.8 Å². The summed E-state index contributed by atoms with van der Waals surface area (Å²) in [5.41, 5.74) is 0. The van der Waals surface area contributed by atoms with Crippen molar-refractivity contribution in [1.29, 1.82) is 0 Å². The van der Waals surface area contributed by atoms with E-state index in [2.05, 4.69) is 12.7 Å². The maximum Gasteiger partial charge on any atom is 0.142 e. The van der Waals surface area contributed by atoms with E-state index >= 15 is 0 Å². The fourth-order valence-corrected chi connectivity index (χ4v) is 1.30. The van der Waals surface area contributed by atoms with E-state index in [9.17, 15) is 0 Å². The maximum atomic E-state index is 8.43. The highest BCUT2D eigenvalue weighted by atomic mass is 32.2. The molecule has 0 saturated carbocycles. The Labute approximate surface area is 68.2 Å². The maximum absolute atomic E-state index is 8.43. The van der Waals surface area contributed by atoms with Crippen LogP contribution in [0.4, 0.5) is 0 Å². The van der Waals surface area contributed by atoms with Gasteiger partial charge in [0.05, 0.1) is 24.1 Å². The Kier molecular flexibility index (Phi) is 9.35. The Hall–Kier alpha value is 0.180. The molecule has 0 rings (SSSR count). The first kappa shape index (κ1) is 10.2. The highest BCUT2D eigenvalue weighted by molar-refractivity contribution is 8.01. The first-order chi connectivity index (χ1) is 4.91. The van der Waals surface area contributed by atoms with Crippen molar-refractivity contribution in [2.45, 2.75) is 32.6 Å². The number of rotatable bonds is 7. The van der Waals surface area contributed by atoms with E-state index in [0.717, 1.165) is 5.75 Å². The molecule has 0 unspecified atom stereocenters. The van der Waals surface area contributed by atoms with Gasteiger partial charge in [0.1, 0.15) is 12.2 Å². The molecule has 0 aliphatic heterocycles. The molecule has 1 nitrogen and oxygen atoms in total. The Balaban J connectivity index is 2.65. The van der Waals surface area contributed by atoms with Crippen molar-refractivity contribution in [3.8, 4) is 0 Å². The molecule has 0 spiro atoms. The van der Waals surface area contributed by atoms with E-state index in [4.69, 9.17) is 5.11 Å². The summed E-state index contributed by atoms with van der Waals surface area (Å²) in [6.07, 6.45) is 5.11. The molecule has 0 radical (unpaired) electrons. The topological polar surface area (TPSA) is 20.2 Å². The molecule has 2 heteroatoms. The minimum atomic E-state index is 0.301. The first-order valence-electron chi connectivity index (χ1n) is 3.96. The van der Waals surface area contributed by atoms with Crippen LogP contribution in [0.2, 0.25) is 0 Å². The second-order valence-electron chi connectivity index (χ2n) is 2.26. The van der Waals surface area contributed by atoms with Gasteiger partial charge in [-0.1, -0.05) is 13.3 Å². The van der Waals surface area contributed by atoms with Crippen LogP contribution in [0.1, 0.15) is 32.6 Å². The summed E-state index contributed by atoms with van der Waals surface area (Å²) in [5, 5.41) is 8.43. The molecule has 0 aromatic rings. The fraction of sp³-hybridized carbons (Fsp3) is 0.875. The lowest BCUT2D eigenvalue weighted by atomic mass is 10.2. The van der Waals surface area contributed by atoms with E-state index < -0.39 is 0 Å². The molecule has 0 bridgehead atoms. The van der Waals surface area contributed by atoms with Crippen LogP contribution in [0.15, 0.2) is 0 Å². The van der Waals surface area contributed by atoms with Gasteiger partial charge in [-0.3, -0.25) is 0 Å². The van der Waals surface area contributed by atoms with Crippen molar-refractivity contribution in [1.82, 2.24) is 0 Å².